The van der Waals surface area contributed by atoms with Crippen LogP contribution < -0.4 is 0 Å². The largest absolute Gasteiger partial charge is 0.478 e. The number of Topliss-reactive ketones (excluding diaryl/α,β-unsaturated/α-hetero) is 2. The summed E-state index contributed by atoms with van der Waals surface area (Å²) in [5, 5.41) is 8.75. The molecule has 0 bridgehead atoms. The molecule has 0 amide bonds. The van der Waals surface area contributed by atoms with Gasteiger partial charge in [0, 0.05) is 5.56 Å². The maximum Gasteiger partial charge on any atom is 0.335 e. The topological polar surface area (TPSA) is 71.4 Å². The van der Waals surface area contributed by atoms with E-state index in [0.717, 1.165) is 0 Å². The van der Waals surface area contributed by atoms with E-state index in [1.165, 1.54) is 25.1 Å². The molecule has 0 spiro atoms. The molecule has 1 aromatic rings. The van der Waals surface area contributed by atoms with E-state index in [0.29, 0.717) is 11.1 Å². The van der Waals surface area contributed by atoms with Crippen molar-refractivity contribution >= 4 is 17.5 Å². The van der Waals surface area contributed by atoms with Crippen molar-refractivity contribution in [1.82, 2.24) is 0 Å². The van der Waals surface area contributed by atoms with Gasteiger partial charge < -0.3 is 5.11 Å². The molecule has 0 unspecified atom stereocenters. The van der Waals surface area contributed by atoms with Crippen molar-refractivity contribution in [2.45, 2.75) is 20.3 Å². The molecule has 16 heavy (non-hydrogen) atoms. The summed E-state index contributed by atoms with van der Waals surface area (Å²) in [5.41, 5.74) is 1.11. The summed E-state index contributed by atoms with van der Waals surface area (Å²) in [5.74, 6) is -1.51. The first-order chi connectivity index (χ1) is 7.41. The van der Waals surface area contributed by atoms with Crippen LogP contribution in [0.25, 0.3) is 0 Å². The highest BCUT2D eigenvalue weighted by Crippen LogP contribution is 2.13. The van der Waals surface area contributed by atoms with E-state index < -0.39 is 5.97 Å². The number of carboxylic acids is 1. The molecule has 1 rings (SSSR count). The van der Waals surface area contributed by atoms with Gasteiger partial charge in [-0.2, -0.15) is 0 Å². The van der Waals surface area contributed by atoms with Gasteiger partial charge in [-0.05, 0) is 31.5 Å². The number of aromatic carboxylic acids is 1. The molecule has 1 N–H and O–H groups in total. The van der Waals surface area contributed by atoms with Crippen molar-refractivity contribution in [2.75, 3.05) is 0 Å². The van der Waals surface area contributed by atoms with Gasteiger partial charge in [0.1, 0.15) is 5.78 Å². The monoisotopic (exact) mass is 220 g/mol. The third kappa shape index (κ3) is 2.76. The number of rotatable bonds is 4. The first-order valence-electron chi connectivity index (χ1n) is 4.78. The Balaban J connectivity index is 3.03. The van der Waals surface area contributed by atoms with Gasteiger partial charge in [-0.25, -0.2) is 4.79 Å². The third-order valence-corrected chi connectivity index (χ3v) is 2.18. The fourth-order valence-electron chi connectivity index (χ4n) is 1.43. The highest BCUT2D eigenvalue weighted by molar-refractivity contribution is 6.08. The fourth-order valence-corrected chi connectivity index (χ4v) is 1.43. The van der Waals surface area contributed by atoms with Crippen LogP contribution in [0.5, 0.6) is 0 Å². The molecule has 0 atom stereocenters. The standard InChI is InChI=1S/C12H12O4/c1-7-5-9(12(15)16)3-4-10(7)11(14)6-8(2)13/h3-5H,6H2,1-2H3,(H,15,16). The lowest BCUT2D eigenvalue weighted by atomic mass is 9.99. The van der Waals surface area contributed by atoms with Gasteiger partial charge in [0.2, 0.25) is 0 Å². The van der Waals surface area contributed by atoms with E-state index in [9.17, 15) is 14.4 Å². The van der Waals surface area contributed by atoms with Crippen LogP contribution in [0.4, 0.5) is 0 Å². The average molecular weight is 220 g/mol. The van der Waals surface area contributed by atoms with Crippen LogP contribution in [0.1, 0.15) is 39.6 Å². The molecule has 0 radical (unpaired) electrons. The van der Waals surface area contributed by atoms with Crippen molar-refractivity contribution in [3.63, 3.8) is 0 Å². The van der Waals surface area contributed by atoms with Gasteiger partial charge >= 0.3 is 5.97 Å². The number of carbonyl (C=O) groups is 3. The van der Waals surface area contributed by atoms with Crippen molar-refractivity contribution in [3.8, 4) is 0 Å². The highest BCUT2D eigenvalue weighted by atomic mass is 16.4. The van der Waals surface area contributed by atoms with Gasteiger partial charge in [-0.1, -0.05) is 6.07 Å². The maximum atomic E-state index is 11.6. The minimum absolute atomic E-state index is 0.136. The molecule has 4 heteroatoms. The van der Waals surface area contributed by atoms with Crippen LogP contribution in [0.3, 0.4) is 0 Å². The normalized spacial score (nSPS) is 9.88. The summed E-state index contributed by atoms with van der Waals surface area (Å²) in [4.78, 5) is 33.1. The summed E-state index contributed by atoms with van der Waals surface area (Å²) in [6.45, 7) is 3.00. The van der Waals surface area contributed by atoms with Gasteiger partial charge in [-0.15, -0.1) is 0 Å². The molecule has 0 aliphatic rings. The molecular weight excluding hydrogens is 208 g/mol. The Labute approximate surface area is 92.9 Å². The van der Waals surface area contributed by atoms with Crippen molar-refractivity contribution in [2.24, 2.45) is 0 Å². The molecule has 4 nitrogen and oxygen atoms in total. The van der Waals surface area contributed by atoms with Gasteiger partial charge in [0.05, 0.1) is 12.0 Å². The Morgan fingerprint density at radius 1 is 1.25 bits per heavy atom. The summed E-state index contributed by atoms with van der Waals surface area (Å²) < 4.78 is 0. The second kappa shape index (κ2) is 4.70. The van der Waals surface area contributed by atoms with Crippen LogP contribution in [0.15, 0.2) is 18.2 Å². The zero-order chi connectivity index (χ0) is 12.3. The SMILES string of the molecule is CC(=O)CC(=O)c1ccc(C(=O)O)cc1C. The van der Waals surface area contributed by atoms with Gasteiger partial charge in [0.25, 0.3) is 0 Å². The number of hydrogen-bond acceptors (Lipinski definition) is 3. The van der Waals surface area contributed by atoms with Crippen molar-refractivity contribution in [1.29, 1.82) is 0 Å². The summed E-state index contributed by atoms with van der Waals surface area (Å²) in [7, 11) is 0. The lowest BCUT2D eigenvalue weighted by Crippen LogP contribution is -2.08. The zero-order valence-electron chi connectivity index (χ0n) is 9.11. The lowest BCUT2D eigenvalue weighted by Gasteiger charge is -2.04. The minimum atomic E-state index is -1.03. The van der Waals surface area contributed by atoms with Crippen LogP contribution >= 0.6 is 0 Å². The Morgan fingerprint density at radius 3 is 2.31 bits per heavy atom. The molecule has 0 aromatic heterocycles. The number of benzene rings is 1. The van der Waals surface area contributed by atoms with E-state index in [-0.39, 0.29) is 23.6 Å². The smallest absolute Gasteiger partial charge is 0.335 e. The summed E-state index contributed by atoms with van der Waals surface area (Å²) in [6.07, 6.45) is -0.146. The number of hydrogen-bond donors (Lipinski definition) is 1. The summed E-state index contributed by atoms with van der Waals surface area (Å²) in [6, 6.07) is 4.24. The molecule has 0 heterocycles. The van der Waals surface area contributed by atoms with Crippen LogP contribution in [0.2, 0.25) is 0 Å². The molecule has 1 aromatic carbocycles. The third-order valence-electron chi connectivity index (χ3n) is 2.18. The zero-order valence-corrected chi connectivity index (χ0v) is 9.11. The highest BCUT2D eigenvalue weighted by Gasteiger charge is 2.13. The van der Waals surface area contributed by atoms with E-state index in [4.69, 9.17) is 5.11 Å². The predicted octanol–water partition coefficient (Wildman–Crippen LogP) is 1.86. The minimum Gasteiger partial charge on any atom is -0.478 e. The Hall–Kier alpha value is -1.97. The fraction of sp³-hybridized carbons (Fsp3) is 0.250. The molecule has 0 saturated heterocycles. The van der Waals surface area contributed by atoms with Crippen LogP contribution in [-0.4, -0.2) is 22.6 Å². The first-order valence-corrected chi connectivity index (χ1v) is 4.78. The first kappa shape index (κ1) is 12.1. The van der Waals surface area contributed by atoms with Crippen molar-refractivity contribution in [3.05, 3.63) is 34.9 Å². The number of carboxylic acid groups (broad SMARTS) is 1. The quantitative estimate of drug-likeness (QED) is 0.621. The van der Waals surface area contributed by atoms with Crippen molar-refractivity contribution < 1.29 is 19.5 Å². The Bertz CT molecular complexity index is 460. The second-order valence-electron chi connectivity index (χ2n) is 3.64. The lowest BCUT2D eigenvalue weighted by molar-refractivity contribution is -0.116. The summed E-state index contributed by atoms with van der Waals surface area (Å²) >= 11 is 0. The van der Waals surface area contributed by atoms with E-state index in [1.807, 2.05) is 0 Å². The molecule has 0 aliphatic carbocycles. The Morgan fingerprint density at radius 2 is 1.88 bits per heavy atom. The van der Waals surface area contributed by atoms with Gasteiger partial charge in [0.15, 0.2) is 5.78 Å². The second-order valence-corrected chi connectivity index (χ2v) is 3.64. The van der Waals surface area contributed by atoms with E-state index in [2.05, 4.69) is 0 Å². The number of carbonyl (C=O) groups excluding carboxylic acids is 2. The molecule has 0 aliphatic heterocycles. The number of aryl methyl sites for hydroxylation is 1. The molecule has 0 fully saturated rings. The molecular formula is C12H12O4. The molecule has 84 valence electrons. The predicted molar refractivity (Wildman–Crippen MR) is 57.8 cm³/mol. The average Bonchev–Trinajstić information content (AvgIpc) is 2.15. The van der Waals surface area contributed by atoms with E-state index >= 15 is 0 Å². The maximum absolute atomic E-state index is 11.6. The molecule has 0 saturated carbocycles. The Kier molecular flexibility index (Phi) is 3.55. The van der Waals surface area contributed by atoms with Crippen LogP contribution in [-0.2, 0) is 4.79 Å². The van der Waals surface area contributed by atoms with E-state index in [1.54, 1.807) is 6.92 Å². The van der Waals surface area contributed by atoms with Crippen LogP contribution in [0, 0.1) is 6.92 Å². The van der Waals surface area contributed by atoms with Gasteiger partial charge in [-0.3, -0.25) is 9.59 Å². The number of ketones is 2.